The summed E-state index contributed by atoms with van der Waals surface area (Å²) in [6.45, 7) is 8.02. The quantitative estimate of drug-likeness (QED) is 0.477. The molecule has 1 amide bonds. The van der Waals surface area contributed by atoms with E-state index in [4.69, 9.17) is 9.47 Å². The topological polar surface area (TPSA) is 84.0 Å². The molecule has 1 aliphatic heterocycles. The number of rotatable bonds is 8. The first-order valence-corrected chi connectivity index (χ1v) is 9.85. The maximum atomic E-state index is 11.9. The van der Waals surface area contributed by atoms with Crippen LogP contribution in [0.5, 0.6) is 11.5 Å². The lowest BCUT2D eigenvalue weighted by Gasteiger charge is -2.14. The first kappa shape index (κ1) is 19.3. The lowest BCUT2D eigenvalue weighted by molar-refractivity contribution is -0.120. The van der Waals surface area contributed by atoms with Crippen molar-refractivity contribution in [3.05, 3.63) is 23.3 Å². The van der Waals surface area contributed by atoms with E-state index in [1.165, 1.54) is 5.56 Å². The molecule has 2 aliphatic rings. The second kappa shape index (κ2) is 8.97. The van der Waals surface area contributed by atoms with E-state index in [0.29, 0.717) is 25.2 Å². The molecule has 1 atom stereocenters. The Morgan fingerprint density at radius 3 is 2.81 bits per heavy atom. The molecule has 1 unspecified atom stereocenters. The fourth-order valence-corrected chi connectivity index (χ4v) is 3.07. The van der Waals surface area contributed by atoms with Gasteiger partial charge in [0.25, 0.3) is 0 Å². The largest absolute Gasteiger partial charge is 0.494 e. The standard InChI is InChI=1S/C20H30N4O3/c1-4-21-20(23-12-19(25)24-16-6-7-16)22-11-15-10-18-14(8-13(3)27-18)9-17(15)26-5-2/h9-10,13,16H,4-8,11-12H2,1-3H3,(H,24,25)(H2,21,22,23). The number of benzene rings is 1. The fourth-order valence-electron chi connectivity index (χ4n) is 3.07. The second-order valence-corrected chi connectivity index (χ2v) is 7.02. The minimum absolute atomic E-state index is 0.00183. The smallest absolute Gasteiger partial charge is 0.239 e. The number of carbonyl (C=O) groups is 1. The van der Waals surface area contributed by atoms with Gasteiger partial charge in [0.05, 0.1) is 19.7 Å². The van der Waals surface area contributed by atoms with Gasteiger partial charge in [0, 0.05) is 30.1 Å². The first-order chi connectivity index (χ1) is 13.1. The van der Waals surface area contributed by atoms with Gasteiger partial charge in [0.2, 0.25) is 5.91 Å². The van der Waals surface area contributed by atoms with Crippen LogP contribution in [0.1, 0.15) is 44.7 Å². The zero-order valence-corrected chi connectivity index (χ0v) is 16.4. The van der Waals surface area contributed by atoms with E-state index in [-0.39, 0.29) is 18.6 Å². The van der Waals surface area contributed by atoms with Crippen molar-refractivity contribution in [1.29, 1.82) is 0 Å². The zero-order chi connectivity index (χ0) is 19.2. The van der Waals surface area contributed by atoms with E-state index >= 15 is 0 Å². The van der Waals surface area contributed by atoms with Gasteiger partial charge in [-0.05, 0) is 45.7 Å². The monoisotopic (exact) mass is 374 g/mol. The van der Waals surface area contributed by atoms with Crippen LogP contribution in [0.2, 0.25) is 0 Å². The number of nitrogens with one attached hydrogen (secondary N) is 3. The molecule has 0 radical (unpaired) electrons. The van der Waals surface area contributed by atoms with Crippen molar-refractivity contribution in [2.24, 2.45) is 4.99 Å². The summed E-state index contributed by atoms with van der Waals surface area (Å²) in [5.41, 5.74) is 2.16. The lowest BCUT2D eigenvalue weighted by atomic mass is 10.1. The number of hydrogen-bond acceptors (Lipinski definition) is 4. The van der Waals surface area contributed by atoms with Crippen LogP contribution < -0.4 is 25.4 Å². The lowest BCUT2D eigenvalue weighted by Crippen LogP contribution is -2.43. The number of guanidine groups is 1. The zero-order valence-electron chi connectivity index (χ0n) is 16.4. The van der Waals surface area contributed by atoms with Crippen LogP contribution in [0.25, 0.3) is 0 Å². The Balaban J connectivity index is 1.66. The van der Waals surface area contributed by atoms with E-state index in [9.17, 15) is 4.79 Å². The van der Waals surface area contributed by atoms with Gasteiger partial charge in [0.15, 0.2) is 5.96 Å². The van der Waals surface area contributed by atoms with E-state index in [0.717, 1.165) is 42.9 Å². The summed E-state index contributed by atoms with van der Waals surface area (Å²) in [6, 6.07) is 4.45. The summed E-state index contributed by atoms with van der Waals surface area (Å²) in [5, 5.41) is 9.23. The second-order valence-electron chi connectivity index (χ2n) is 7.02. The molecule has 1 saturated carbocycles. The molecule has 7 nitrogen and oxygen atoms in total. The van der Waals surface area contributed by atoms with Crippen molar-refractivity contribution in [1.82, 2.24) is 16.0 Å². The van der Waals surface area contributed by atoms with Crippen molar-refractivity contribution in [3.8, 4) is 11.5 Å². The number of carbonyl (C=O) groups excluding carboxylic acids is 1. The van der Waals surface area contributed by atoms with Gasteiger partial charge in [-0.15, -0.1) is 0 Å². The molecular weight excluding hydrogens is 344 g/mol. The highest BCUT2D eigenvalue weighted by molar-refractivity contribution is 5.86. The summed E-state index contributed by atoms with van der Waals surface area (Å²) >= 11 is 0. The molecule has 1 aromatic carbocycles. The molecule has 0 saturated heterocycles. The van der Waals surface area contributed by atoms with Crippen LogP contribution in [0.3, 0.4) is 0 Å². The number of ether oxygens (including phenoxy) is 2. The highest BCUT2D eigenvalue weighted by Gasteiger charge is 2.23. The highest BCUT2D eigenvalue weighted by atomic mass is 16.5. The summed E-state index contributed by atoms with van der Waals surface area (Å²) in [7, 11) is 0. The normalized spacial score (nSPS) is 18.5. The van der Waals surface area contributed by atoms with Crippen LogP contribution in [-0.2, 0) is 17.8 Å². The molecule has 0 spiro atoms. The van der Waals surface area contributed by atoms with Gasteiger partial charge < -0.3 is 25.4 Å². The maximum absolute atomic E-state index is 11.9. The van der Waals surface area contributed by atoms with Gasteiger partial charge in [0.1, 0.15) is 17.6 Å². The number of hydrogen-bond donors (Lipinski definition) is 3. The van der Waals surface area contributed by atoms with Crippen LogP contribution in [0.15, 0.2) is 17.1 Å². The van der Waals surface area contributed by atoms with E-state index in [1.54, 1.807) is 0 Å². The Bertz CT molecular complexity index is 701. The molecule has 1 aliphatic carbocycles. The van der Waals surface area contributed by atoms with Crippen molar-refractivity contribution in [2.75, 3.05) is 19.7 Å². The number of aliphatic imine (C=N–C) groups is 1. The SMILES string of the molecule is CCNC(=NCc1cc2c(cc1OCC)CC(C)O2)NCC(=O)NC1CC1. The van der Waals surface area contributed by atoms with E-state index in [2.05, 4.69) is 33.9 Å². The van der Waals surface area contributed by atoms with Crippen LogP contribution in [0.4, 0.5) is 0 Å². The Kier molecular flexibility index (Phi) is 6.42. The van der Waals surface area contributed by atoms with Gasteiger partial charge in [-0.1, -0.05) is 0 Å². The number of fused-ring (bicyclic) bond motifs is 1. The predicted molar refractivity (Wildman–Crippen MR) is 105 cm³/mol. The highest BCUT2D eigenvalue weighted by Crippen LogP contribution is 2.35. The van der Waals surface area contributed by atoms with Crippen molar-refractivity contribution >= 4 is 11.9 Å². The van der Waals surface area contributed by atoms with Crippen molar-refractivity contribution < 1.29 is 14.3 Å². The van der Waals surface area contributed by atoms with Gasteiger partial charge in [-0.2, -0.15) is 0 Å². The van der Waals surface area contributed by atoms with Crippen LogP contribution in [-0.4, -0.2) is 43.7 Å². The molecule has 1 fully saturated rings. The summed E-state index contributed by atoms with van der Waals surface area (Å²) < 4.78 is 11.7. The summed E-state index contributed by atoms with van der Waals surface area (Å²) in [6.07, 6.45) is 3.26. The van der Waals surface area contributed by atoms with Crippen LogP contribution in [0, 0.1) is 0 Å². The summed E-state index contributed by atoms with van der Waals surface area (Å²) in [4.78, 5) is 16.5. The molecule has 7 heteroatoms. The fraction of sp³-hybridized carbons (Fsp3) is 0.600. The molecular formula is C20H30N4O3. The van der Waals surface area contributed by atoms with Crippen molar-refractivity contribution in [2.45, 2.75) is 58.7 Å². The van der Waals surface area contributed by atoms with Gasteiger partial charge in [-0.3, -0.25) is 4.79 Å². The minimum Gasteiger partial charge on any atom is -0.494 e. The maximum Gasteiger partial charge on any atom is 0.239 e. The van der Waals surface area contributed by atoms with Crippen molar-refractivity contribution in [3.63, 3.8) is 0 Å². The summed E-state index contributed by atoms with van der Waals surface area (Å²) in [5.74, 6) is 2.37. The molecule has 0 bridgehead atoms. The average molecular weight is 374 g/mol. The molecule has 3 N–H and O–H groups in total. The van der Waals surface area contributed by atoms with Crippen LogP contribution >= 0.6 is 0 Å². The molecule has 3 rings (SSSR count). The molecule has 1 heterocycles. The Morgan fingerprint density at radius 1 is 1.30 bits per heavy atom. The first-order valence-electron chi connectivity index (χ1n) is 9.85. The minimum atomic E-state index is -0.00183. The molecule has 0 aromatic heterocycles. The third kappa shape index (κ3) is 5.52. The van der Waals surface area contributed by atoms with E-state index in [1.807, 2.05) is 19.9 Å². The number of nitrogens with zero attached hydrogens (tertiary/aromatic N) is 1. The third-order valence-corrected chi connectivity index (χ3v) is 4.49. The predicted octanol–water partition coefficient (Wildman–Crippen LogP) is 1.74. The Morgan fingerprint density at radius 2 is 2.11 bits per heavy atom. The molecule has 27 heavy (non-hydrogen) atoms. The van der Waals surface area contributed by atoms with Gasteiger partial charge >= 0.3 is 0 Å². The molecule has 1 aromatic rings. The van der Waals surface area contributed by atoms with E-state index < -0.39 is 0 Å². The third-order valence-electron chi connectivity index (χ3n) is 4.49. The molecule has 148 valence electrons. The number of amides is 1. The van der Waals surface area contributed by atoms with Gasteiger partial charge in [-0.25, -0.2) is 4.99 Å². The Hall–Kier alpha value is -2.44. The average Bonchev–Trinajstić information content (AvgIpc) is 3.36. The Labute approximate surface area is 160 Å².